The summed E-state index contributed by atoms with van der Waals surface area (Å²) in [4.78, 5) is 16.9. The Labute approximate surface area is 134 Å². The lowest BCUT2D eigenvalue weighted by Crippen LogP contribution is -2.02. The van der Waals surface area contributed by atoms with Gasteiger partial charge < -0.3 is 8.83 Å². The zero-order chi connectivity index (χ0) is 16.5. The molecule has 0 atom stereocenters. The largest absolute Gasteiger partial charge is 0.463 e. The maximum Gasteiger partial charge on any atom is 0.199 e. The molecule has 0 amide bonds. The van der Waals surface area contributed by atoms with Crippen molar-refractivity contribution >= 4 is 11.3 Å². The molecule has 0 N–H and O–H groups in total. The fourth-order valence-corrected chi connectivity index (χ4v) is 2.21. The fourth-order valence-electron chi connectivity index (χ4n) is 2.21. The Bertz CT molecular complexity index is 1030. The minimum absolute atomic E-state index is 0.101. The van der Waals surface area contributed by atoms with Crippen LogP contribution < -0.4 is 0 Å². The lowest BCUT2D eigenvalue weighted by atomic mass is 10.2. The van der Waals surface area contributed by atoms with Crippen molar-refractivity contribution < 1.29 is 8.83 Å². The van der Waals surface area contributed by atoms with Crippen molar-refractivity contribution in [1.82, 2.24) is 19.9 Å². The van der Waals surface area contributed by atoms with Gasteiger partial charge in [0.25, 0.3) is 0 Å². The normalized spacial score (nSPS) is 10.4. The van der Waals surface area contributed by atoms with Crippen LogP contribution in [0.1, 0.15) is 11.4 Å². The van der Waals surface area contributed by atoms with Crippen LogP contribution in [0.4, 0.5) is 0 Å². The zero-order valence-electron chi connectivity index (χ0n) is 12.0. The van der Waals surface area contributed by atoms with E-state index in [1.807, 2.05) is 12.1 Å². The van der Waals surface area contributed by atoms with Gasteiger partial charge in [-0.2, -0.15) is 10.5 Å². The van der Waals surface area contributed by atoms with E-state index in [1.165, 1.54) is 12.5 Å². The highest BCUT2D eigenvalue weighted by Crippen LogP contribution is 2.30. The van der Waals surface area contributed by atoms with E-state index in [9.17, 15) is 0 Å². The highest BCUT2D eigenvalue weighted by atomic mass is 16.3. The third kappa shape index (κ3) is 2.07. The number of furan rings is 2. The van der Waals surface area contributed by atoms with E-state index >= 15 is 0 Å². The second kappa shape index (κ2) is 5.30. The van der Waals surface area contributed by atoms with E-state index in [1.54, 1.807) is 24.3 Å². The van der Waals surface area contributed by atoms with E-state index in [2.05, 4.69) is 19.9 Å². The molecule has 8 heteroatoms. The maximum atomic E-state index is 9.08. The molecule has 112 valence electrons. The van der Waals surface area contributed by atoms with E-state index < -0.39 is 0 Å². The first kappa shape index (κ1) is 13.6. The number of fused-ring (bicyclic) bond motifs is 1. The summed E-state index contributed by atoms with van der Waals surface area (Å²) < 4.78 is 10.8. The SMILES string of the molecule is N#Cc1nc2nc(-c3ccco3)c(-c3ccco3)nc2nc1C#N. The van der Waals surface area contributed by atoms with Gasteiger partial charge in [0.2, 0.25) is 0 Å². The van der Waals surface area contributed by atoms with Gasteiger partial charge in [0, 0.05) is 0 Å². The standard InChI is InChI=1S/C16H6N6O2/c17-7-9-10(8-18)20-16-15(19-9)21-13(11-3-1-5-23-11)14(22-16)12-4-2-6-24-12/h1-6H. The predicted octanol–water partition coefficient (Wildman–Crippen LogP) is 2.68. The second-order valence-corrected chi connectivity index (χ2v) is 4.67. The molecular formula is C16H6N6O2. The second-order valence-electron chi connectivity index (χ2n) is 4.67. The molecule has 24 heavy (non-hydrogen) atoms. The molecule has 0 unspecified atom stereocenters. The summed E-state index contributed by atoms with van der Waals surface area (Å²) >= 11 is 0. The first-order valence-electron chi connectivity index (χ1n) is 6.78. The van der Waals surface area contributed by atoms with Crippen LogP contribution in [0.2, 0.25) is 0 Å². The van der Waals surface area contributed by atoms with Crippen LogP contribution in [0.25, 0.3) is 34.2 Å². The summed E-state index contributed by atoms with van der Waals surface area (Å²) in [5, 5.41) is 18.2. The summed E-state index contributed by atoms with van der Waals surface area (Å²) in [6, 6.07) is 10.6. The van der Waals surface area contributed by atoms with Crippen LogP contribution in [0.3, 0.4) is 0 Å². The first-order valence-corrected chi connectivity index (χ1v) is 6.78. The van der Waals surface area contributed by atoms with E-state index in [-0.39, 0.29) is 22.7 Å². The molecule has 0 aliphatic heterocycles. The van der Waals surface area contributed by atoms with Gasteiger partial charge in [-0.1, -0.05) is 0 Å². The predicted molar refractivity (Wildman–Crippen MR) is 80.0 cm³/mol. The van der Waals surface area contributed by atoms with Crippen molar-refractivity contribution in [2.24, 2.45) is 0 Å². The number of hydrogen-bond acceptors (Lipinski definition) is 8. The van der Waals surface area contributed by atoms with Crippen LogP contribution in [0, 0.1) is 22.7 Å². The molecule has 0 saturated carbocycles. The average molecular weight is 314 g/mol. The molecule has 4 heterocycles. The van der Waals surface area contributed by atoms with Crippen LogP contribution in [-0.2, 0) is 0 Å². The van der Waals surface area contributed by atoms with Crippen LogP contribution in [-0.4, -0.2) is 19.9 Å². The van der Waals surface area contributed by atoms with Gasteiger partial charge in [-0.05, 0) is 24.3 Å². The van der Waals surface area contributed by atoms with Gasteiger partial charge in [-0.15, -0.1) is 0 Å². The molecule has 8 nitrogen and oxygen atoms in total. The zero-order valence-corrected chi connectivity index (χ0v) is 12.0. The minimum Gasteiger partial charge on any atom is -0.463 e. The van der Waals surface area contributed by atoms with Crippen molar-refractivity contribution in [3.05, 3.63) is 48.2 Å². The van der Waals surface area contributed by atoms with Crippen molar-refractivity contribution in [1.29, 1.82) is 10.5 Å². The summed E-state index contributed by atoms with van der Waals surface area (Å²) in [5.41, 5.74) is 0.904. The topological polar surface area (TPSA) is 125 Å². The lowest BCUT2D eigenvalue weighted by molar-refractivity contribution is 0.572. The first-order chi connectivity index (χ1) is 11.8. The van der Waals surface area contributed by atoms with E-state index in [4.69, 9.17) is 19.4 Å². The molecule has 0 aliphatic rings. The minimum atomic E-state index is -0.101. The van der Waals surface area contributed by atoms with Gasteiger partial charge in [-0.3, -0.25) is 0 Å². The van der Waals surface area contributed by atoms with E-state index in [0.29, 0.717) is 22.9 Å². The molecule has 4 rings (SSSR count). The summed E-state index contributed by atoms with van der Waals surface area (Å²) in [6.45, 7) is 0. The Balaban J connectivity index is 2.07. The Morgan fingerprint density at radius 3 is 1.50 bits per heavy atom. The van der Waals surface area contributed by atoms with Gasteiger partial charge in [0.1, 0.15) is 23.5 Å². The number of rotatable bonds is 2. The molecule has 0 fully saturated rings. The van der Waals surface area contributed by atoms with Gasteiger partial charge >= 0.3 is 0 Å². The monoisotopic (exact) mass is 314 g/mol. The highest BCUT2D eigenvalue weighted by molar-refractivity contribution is 5.80. The smallest absolute Gasteiger partial charge is 0.199 e. The number of aromatic nitrogens is 4. The summed E-state index contributed by atoms with van der Waals surface area (Å²) in [6.07, 6.45) is 3.02. The molecule has 0 saturated heterocycles. The van der Waals surface area contributed by atoms with Gasteiger partial charge in [-0.25, -0.2) is 19.9 Å². The van der Waals surface area contributed by atoms with Crippen LogP contribution in [0.5, 0.6) is 0 Å². The molecule has 0 bridgehead atoms. The highest BCUT2D eigenvalue weighted by Gasteiger charge is 2.19. The molecule has 0 radical (unpaired) electrons. The molecule has 4 aromatic heterocycles. The maximum absolute atomic E-state index is 9.08. The van der Waals surface area contributed by atoms with E-state index in [0.717, 1.165) is 0 Å². The lowest BCUT2D eigenvalue weighted by Gasteiger charge is -2.05. The molecular weight excluding hydrogens is 308 g/mol. The fraction of sp³-hybridized carbons (Fsp3) is 0. The van der Waals surface area contributed by atoms with Crippen LogP contribution >= 0.6 is 0 Å². The Hall–Kier alpha value is -4.04. The van der Waals surface area contributed by atoms with Crippen molar-refractivity contribution in [2.45, 2.75) is 0 Å². The quantitative estimate of drug-likeness (QED) is 0.552. The Morgan fingerprint density at radius 1 is 0.708 bits per heavy atom. The third-order valence-electron chi connectivity index (χ3n) is 3.24. The van der Waals surface area contributed by atoms with Crippen molar-refractivity contribution in [3.8, 4) is 35.0 Å². The summed E-state index contributed by atoms with van der Waals surface area (Å²) in [7, 11) is 0. The number of nitriles is 2. The van der Waals surface area contributed by atoms with Crippen molar-refractivity contribution in [2.75, 3.05) is 0 Å². The number of nitrogens with zero attached hydrogens (tertiary/aromatic N) is 6. The van der Waals surface area contributed by atoms with Gasteiger partial charge in [0.15, 0.2) is 34.2 Å². The molecule has 0 spiro atoms. The summed E-state index contributed by atoms with van der Waals surface area (Å²) in [5.74, 6) is 0.945. The third-order valence-corrected chi connectivity index (χ3v) is 3.24. The molecule has 0 aromatic carbocycles. The van der Waals surface area contributed by atoms with Crippen LogP contribution in [0.15, 0.2) is 45.6 Å². The average Bonchev–Trinajstić information content (AvgIpc) is 3.32. The van der Waals surface area contributed by atoms with Crippen molar-refractivity contribution in [3.63, 3.8) is 0 Å². The number of hydrogen-bond donors (Lipinski definition) is 0. The molecule has 0 aliphatic carbocycles. The Kier molecular flexibility index (Phi) is 3.01. The Morgan fingerprint density at radius 2 is 1.17 bits per heavy atom. The molecule has 4 aromatic rings. The van der Waals surface area contributed by atoms with Gasteiger partial charge in [0.05, 0.1) is 12.5 Å².